The zero-order chi connectivity index (χ0) is 14.0. The van der Waals surface area contributed by atoms with Gasteiger partial charge < -0.3 is 5.11 Å². The van der Waals surface area contributed by atoms with Crippen LogP contribution in [0.3, 0.4) is 0 Å². The van der Waals surface area contributed by atoms with Gasteiger partial charge in [-0.1, -0.05) is 6.92 Å². The number of halogens is 5. The smallest absolute Gasteiger partial charge is 0.383 e. The minimum atomic E-state index is -5.72. The van der Waals surface area contributed by atoms with Gasteiger partial charge in [-0.2, -0.15) is 22.0 Å². The average Bonchev–Trinajstić information content (AvgIpc) is 2.70. The Morgan fingerprint density at radius 1 is 0.944 bits per heavy atom. The van der Waals surface area contributed by atoms with E-state index in [9.17, 15) is 27.1 Å². The van der Waals surface area contributed by atoms with Crippen molar-refractivity contribution in [2.75, 3.05) is 0 Å². The Bertz CT molecular complexity index is 350. The first-order valence-corrected chi connectivity index (χ1v) is 6.04. The van der Waals surface area contributed by atoms with Gasteiger partial charge in [-0.25, -0.2) is 0 Å². The van der Waals surface area contributed by atoms with Crippen LogP contribution in [0.2, 0.25) is 0 Å². The molecule has 2 aliphatic carbocycles. The predicted molar refractivity (Wildman–Crippen MR) is 55.3 cm³/mol. The third kappa shape index (κ3) is 1.53. The van der Waals surface area contributed by atoms with Gasteiger partial charge in [-0.05, 0) is 44.4 Å². The first-order valence-electron chi connectivity index (χ1n) is 6.04. The van der Waals surface area contributed by atoms with Gasteiger partial charge in [0, 0.05) is 5.41 Å². The highest BCUT2D eigenvalue weighted by atomic mass is 19.4. The van der Waals surface area contributed by atoms with Crippen LogP contribution in [0.15, 0.2) is 0 Å². The number of alkyl halides is 5. The van der Waals surface area contributed by atoms with Crippen LogP contribution in [0.5, 0.6) is 0 Å². The molecule has 2 rings (SSSR count). The molecule has 0 aliphatic heterocycles. The van der Waals surface area contributed by atoms with Crippen molar-refractivity contribution < 1.29 is 27.1 Å². The molecule has 6 heteroatoms. The molecule has 2 saturated carbocycles. The maximum absolute atomic E-state index is 13.6. The van der Waals surface area contributed by atoms with Gasteiger partial charge in [0.15, 0.2) is 0 Å². The van der Waals surface area contributed by atoms with Crippen LogP contribution in [0.4, 0.5) is 22.0 Å². The summed E-state index contributed by atoms with van der Waals surface area (Å²) in [5, 5.41) is 10.00. The summed E-state index contributed by atoms with van der Waals surface area (Å²) >= 11 is 0. The third-order valence-corrected chi connectivity index (χ3v) is 5.18. The molecule has 0 amide bonds. The lowest BCUT2D eigenvalue weighted by molar-refractivity contribution is -0.359. The Balaban J connectivity index is 2.38. The second-order valence-electron chi connectivity index (χ2n) is 6.41. The summed E-state index contributed by atoms with van der Waals surface area (Å²) in [5.74, 6) is -5.07. The monoisotopic (exact) mass is 272 g/mol. The van der Waals surface area contributed by atoms with Gasteiger partial charge in [0.25, 0.3) is 0 Å². The number of hydrogen-bond donors (Lipinski definition) is 1. The largest absolute Gasteiger partial charge is 0.456 e. The van der Waals surface area contributed by atoms with Crippen LogP contribution in [0.1, 0.15) is 46.0 Å². The number of aliphatic hydroxyl groups is 1. The van der Waals surface area contributed by atoms with E-state index in [2.05, 4.69) is 0 Å². The predicted octanol–water partition coefficient (Wildman–Crippen LogP) is 3.91. The molecule has 0 heterocycles. The minimum Gasteiger partial charge on any atom is -0.383 e. The summed E-state index contributed by atoms with van der Waals surface area (Å²) in [4.78, 5) is 0. The lowest BCUT2D eigenvalue weighted by Crippen LogP contribution is -2.63. The van der Waals surface area contributed by atoms with Crippen molar-refractivity contribution in [1.29, 1.82) is 0 Å². The fraction of sp³-hybridized carbons (Fsp3) is 1.00. The van der Waals surface area contributed by atoms with E-state index in [1.54, 1.807) is 0 Å². The van der Waals surface area contributed by atoms with Crippen molar-refractivity contribution in [1.82, 2.24) is 0 Å². The van der Waals surface area contributed by atoms with Crippen molar-refractivity contribution in [3.05, 3.63) is 0 Å². The lowest BCUT2D eigenvalue weighted by Gasteiger charge is -2.46. The van der Waals surface area contributed by atoms with Crippen LogP contribution in [-0.4, -0.2) is 22.8 Å². The molecule has 106 valence electrons. The molecule has 0 aromatic heterocycles. The van der Waals surface area contributed by atoms with E-state index >= 15 is 0 Å². The zero-order valence-electron chi connectivity index (χ0n) is 10.4. The summed E-state index contributed by atoms with van der Waals surface area (Å²) in [6.45, 7) is 2.54. The molecular weight excluding hydrogens is 255 g/mol. The van der Waals surface area contributed by atoms with Crippen molar-refractivity contribution in [2.45, 2.75) is 63.7 Å². The van der Waals surface area contributed by atoms with Gasteiger partial charge in [0.05, 0.1) is 0 Å². The van der Waals surface area contributed by atoms with Gasteiger partial charge in [-0.15, -0.1) is 0 Å². The van der Waals surface area contributed by atoms with Crippen LogP contribution in [0.25, 0.3) is 0 Å². The molecule has 0 radical (unpaired) electrons. The molecule has 1 atom stereocenters. The van der Waals surface area contributed by atoms with E-state index in [4.69, 9.17) is 0 Å². The molecule has 2 fully saturated rings. The normalized spacial score (nSPS) is 40.0. The first-order chi connectivity index (χ1) is 7.87. The summed E-state index contributed by atoms with van der Waals surface area (Å²) < 4.78 is 64.6. The van der Waals surface area contributed by atoms with E-state index in [0.29, 0.717) is 19.8 Å². The van der Waals surface area contributed by atoms with Crippen LogP contribution in [-0.2, 0) is 0 Å². The standard InChI is InChI=1S/C12H17F5O/c1-8-3-5-10(7-8,6-4-8)9(2,18)11(13,14)12(15,16)17/h18H,3-7H2,1-2H3. The molecule has 2 bridgehead atoms. The molecule has 0 aromatic carbocycles. The Morgan fingerprint density at radius 2 is 1.39 bits per heavy atom. The summed E-state index contributed by atoms with van der Waals surface area (Å²) in [5.41, 5.74) is -4.53. The second-order valence-corrected chi connectivity index (χ2v) is 6.41. The number of hydrogen-bond acceptors (Lipinski definition) is 1. The highest BCUT2D eigenvalue weighted by molar-refractivity contribution is 5.15. The molecule has 0 spiro atoms. The topological polar surface area (TPSA) is 20.2 Å². The molecule has 1 unspecified atom stereocenters. The number of fused-ring (bicyclic) bond motifs is 2. The molecule has 1 nitrogen and oxygen atoms in total. The highest BCUT2D eigenvalue weighted by Crippen LogP contribution is 2.68. The van der Waals surface area contributed by atoms with Crippen LogP contribution in [0, 0.1) is 10.8 Å². The van der Waals surface area contributed by atoms with Crippen LogP contribution >= 0.6 is 0 Å². The maximum Gasteiger partial charge on any atom is 0.456 e. The Morgan fingerprint density at radius 3 is 1.67 bits per heavy atom. The minimum absolute atomic E-state index is 0.189. The first kappa shape index (κ1) is 14.0. The molecule has 2 aliphatic rings. The Labute approximate surface area is 102 Å². The maximum atomic E-state index is 13.6. The molecule has 0 saturated heterocycles. The van der Waals surface area contributed by atoms with Crippen molar-refractivity contribution in [2.24, 2.45) is 10.8 Å². The Kier molecular flexibility index (Phi) is 2.63. The highest BCUT2D eigenvalue weighted by Gasteiger charge is 2.76. The summed E-state index contributed by atoms with van der Waals surface area (Å²) in [6.07, 6.45) is -3.77. The van der Waals surface area contributed by atoms with Crippen molar-refractivity contribution in [3.8, 4) is 0 Å². The van der Waals surface area contributed by atoms with E-state index in [0.717, 1.165) is 0 Å². The average molecular weight is 272 g/mol. The van der Waals surface area contributed by atoms with Gasteiger partial charge in [-0.3, -0.25) is 0 Å². The van der Waals surface area contributed by atoms with E-state index in [-0.39, 0.29) is 24.7 Å². The van der Waals surface area contributed by atoms with E-state index in [1.807, 2.05) is 6.92 Å². The van der Waals surface area contributed by atoms with E-state index < -0.39 is 23.1 Å². The lowest BCUT2D eigenvalue weighted by atomic mass is 9.67. The van der Waals surface area contributed by atoms with Crippen molar-refractivity contribution in [3.63, 3.8) is 0 Å². The van der Waals surface area contributed by atoms with Crippen LogP contribution < -0.4 is 0 Å². The molecule has 0 aromatic rings. The molecule has 18 heavy (non-hydrogen) atoms. The zero-order valence-corrected chi connectivity index (χ0v) is 10.4. The van der Waals surface area contributed by atoms with Gasteiger partial charge >= 0.3 is 12.1 Å². The summed E-state index contributed by atoms with van der Waals surface area (Å²) in [6, 6.07) is 0. The third-order valence-electron chi connectivity index (χ3n) is 5.18. The molecular formula is C12H17F5O. The Hall–Kier alpha value is -0.390. The van der Waals surface area contributed by atoms with Gasteiger partial charge in [0.1, 0.15) is 5.60 Å². The fourth-order valence-electron chi connectivity index (χ4n) is 3.77. The van der Waals surface area contributed by atoms with E-state index in [1.165, 1.54) is 0 Å². The fourth-order valence-corrected chi connectivity index (χ4v) is 3.77. The van der Waals surface area contributed by atoms with Crippen molar-refractivity contribution >= 4 is 0 Å². The summed E-state index contributed by atoms with van der Waals surface area (Å²) in [7, 11) is 0. The molecule has 1 N–H and O–H groups in total. The SMILES string of the molecule is CC12CCC(C(C)(O)C(F)(F)C(F)(F)F)(CC1)C2. The van der Waals surface area contributed by atoms with Gasteiger partial charge in [0.2, 0.25) is 0 Å². The number of rotatable bonds is 2. The quantitative estimate of drug-likeness (QED) is 0.756. The second kappa shape index (κ2) is 3.38.